The maximum Gasteiger partial charge on any atom is 0.303 e. The van der Waals surface area contributed by atoms with E-state index in [1.165, 1.54) is 12.8 Å². The molecule has 0 saturated carbocycles. The van der Waals surface area contributed by atoms with E-state index >= 15 is 0 Å². The molecule has 0 aromatic carbocycles. The van der Waals surface area contributed by atoms with Crippen molar-refractivity contribution in [3.63, 3.8) is 0 Å². The fraction of sp³-hybridized carbons (Fsp3) is 0.917. The van der Waals surface area contributed by atoms with Crippen molar-refractivity contribution in [3.05, 3.63) is 0 Å². The zero-order valence-electron chi connectivity index (χ0n) is 9.83. The minimum absolute atomic E-state index is 0.347. The van der Waals surface area contributed by atoms with Crippen LogP contribution < -0.4 is 5.32 Å². The highest BCUT2D eigenvalue weighted by Crippen LogP contribution is 2.23. The van der Waals surface area contributed by atoms with Gasteiger partial charge in [-0.3, -0.25) is 4.79 Å². The summed E-state index contributed by atoms with van der Waals surface area (Å²) in [6.07, 6.45) is 4.83. The van der Waals surface area contributed by atoms with Crippen LogP contribution in [-0.4, -0.2) is 23.7 Å². The van der Waals surface area contributed by atoms with Gasteiger partial charge in [0.15, 0.2) is 0 Å². The first-order valence-electron chi connectivity index (χ1n) is 6.03. The molecule has 0 spiro atoms. The summed E-state index contributed by atoms with van der Waals surface area (Å²) in [6, 6.07) is 0.547. The van der Waals surface area contributed by atoms with Crippen LogP contribution in [0, 0.1) is 11.8 Å². The average Bonchev–Trinajstić information content (AvgIpc) is 2.14. The average molecular weight is 213 g/mol. The first-order valence-corrected chi connectivity index (χ1v) is 6.03. The second-order valence-electron chi connectivity index (χ2n) is 5.11. The lowest BCUT2D eigenvalue weighted by Gasteiger charge is -2.30. The third-order valence-corrected chi connectivity index (χ3v) is 3.16. The molecule has 88 valence electrons. The van der Waals surface area contributed by atoms with Gasteiger partial charge in [0.1, 0.15) is 0 Å². The van der Waals surface area contributed by atoms with Crippen molar-refractivity contribution in [2.45, 2.75) is 52.0 Å². The van der Waals surface area contributed by atoms with Crippen LogP contribution in [0.1, 0.15) is 46.0 Å². The molecule has 0 aliphatic carbocycles. The van der Waals surface area contributed by atoms with E-state index in [-0.39, 0.29) is 0 Å². The topological polar surface area (TPSA) is 49.3 Å². The number of piperidine rings is 1. The van der Waals surface area contributed by atoms with Crippen LogP contribution in [0.3, 0.4) is 0 Å². The molecule has 1 aliphatic rings. The number of carboxylic acid groups (broad SMARTS) is 1. The Kier molecular flexibility index (Phi) is 5.09. The summed E-state index contributed by atoms with van der Waals surface area (Å²) in [5, 5.41) is 12.2. The second-order valence-corrected chi connectivity index (χ2v) is 5.11. The van der Waals surface area contributed by atoms with Crippen molar-refractivity contribution >= 4 is 5.97 Å². The van der Waals surface area contributed by atoms with E-state index in [1.807, 2.05) is 0 Å². The van der Waals surface area contributed by atoms with E-state index in [2.05, 4.69) is 19.2 Å². The zero-order valence-corrected chi connectivity index (χ0v) is 9.83. The van der Waals surface area contributed by atoms with Crippen LogP contribution in [0.15, 0.2) is 0 Å². The van der Waals surface area contributed by atoms with Crippen molar-refractivity contribution in [2.75, 3.05) is 6.54 Å². The summed E-state index contributed by atoms with van der Waals surface area (Å²) in [5.74, 6) is 0.483. The van der Waals surface area contributed by atoms with E-state index < -0.39 is 5.97 Å². The quantitative estimate of drug-likeness (QED) is 0.736. The summed E-state index contributed by atoms with van der Waals surface area (Å²) in [5.41, 5.74) is 0. The van der Waals surface area contributed by atoms with E-state index in [0.717, 1.165) is 25.3 Å². The molecule has 1 heterocycles. The summed E-state index contributed by atoms with van der Waals surface area (Å²) in [4.78, 5) is 10.6. The molecule has 1 fully saturated rings. The second kappa shape index (κ2) is 6.11. The number of hydrogen-bond acceptors (Lipinski definition) is 2. The monoisotopic (exact) mass is 213 g/mol. The Balaban J connectivity index is 2.25. The van der Waals surface area contributed by atoms with Crippen LogP contribution in [0.2, 0.25) is 0 Å². The van der Waals surface area contributed by atoms with Gasteiger partial charge in [-0.2, -0.15) is 0 Å². The van der Waals surface area contributed by atoms with Crippen molar-refractivity contribution in [1.82, 2.24) is 5.32 Å². The van der Waals surface area contributed by atoms with Gasteiger partial charge >= 0.3 is 5.97 Å². The third kappa shape index (κ3) is 5.17. The first-order chi connectivity index (χ1) is 7.08. The Morgan fingerprint density at radius 3 is 2.87 bits per heavy atom. The van der Waals surface area contributed by atoms with Gasteiger partial charge in [-0.1, -0.05) is 13.8 Å². The van der Waals surface area contributed by atoms with Crippen LogP contribution in [0.4, 0.5) is 0 Å². The fourth-order valence-electron chi connectivity index (χ4n) is 2.28. The Bertz CT molecular complexity index is 204. The molecule has 3 heteroatoms. The third-order valence-electron chi connectivity index (χ3n) is 3.16. The molecular weight excluding hydrogens is 190 g/mol. The minimum Gasteiger partial charge on any atom is -0.481 e. The van der Waals surface area contributed by atoms with Crippen LogP contribution in [0.5, 0.6) is 0 Å². The van der Waals surface area contributed by atoms with Gasteiger partial charge in [0.2, 0.25) is 0 Å². The Morgan fingerprint density at radius 2 is 2.27 bits per heavy atom. The number of carbonyl (C=O) groups is 1. The van der Waals surface area contributed by atoms with Gasteiger partial charge in [0, 0.05) is 12.5 Å². The van der Waals surface area contributed by atoms with Crippen molar-refractivity contribution in [2.24, 2.45) is 11.8 Å². The number of rotatable bonds is 5. The molecule has 1 saturated heterocycles. The van der Waals surface area contributed by atoms with E-state index in [1.54, 1.807) is 0 Å². The molecule has 1 rings (SSSR count). The molecule has 2 N–H and O–H groups in total. The Labute approximate surface area is 92.3 Å². The number of hydrogen-bond donors (Lipinski definition) is 2. The van der Waals surface area contributed by atoms with Gasteiger partial charge in [-0.25, -0.2) is 0 Å². The molecule has 0 aromatic rings. The molecular formula is C12H23NO2. The minimum atomic E-state index is -0.649. The van der Waals surface area contributed by atoms with E-state index in [4.69, 9.17) is 5.11 Å². The van der Waals surface area contributed by atoms with E-state index in [0.29, 0.717) is 18.4 Å². The molecule has 2 unspecified atom stereocenters. The van der Waals surface area contributed by atoms with Crippen molar-refractivity contribution < 1.29 is 9.90 Å². The summed E-state index contributed by atoms with van der Waals surface area (Å²) in [6.45, 7) is 5.45. The summed E-state index contributed by atoms with van der Waals surface area (Å²) < 4.78 is 0. The van der Waals surface area contributed by atoms with Gasteiger partial charge in [0.05, 0.1) is 0 Å². The smallest absolute Gasteiger partial charge is 0.303 e. The predicted octanol–water partition coefficient (Wildman–Crippen LogP) is 2.27. The molecule has 0 amide bonds. The highest BCUT2D eigenvalue weighted by molar-refractivity contribution is 5.67. The SMILES string of the molecule is CC(C)CCC1CC(CC(=O)O)CCN1. The standard InChI is InChI=1S/C12H23NO2/c1-9(2)3-4-11-7-10(5-6-13-11)8-12(14)15/h9-11,13H,3-8H2,1-2H3,(H,14,15). The van der Waals surface area contributed by atoms with Gasteiger partial charge in [-0.15, -0.1) is 0 Å². The molecule has 1 aliphatic heterocycles. The zero-order chi connectivity index (χ0) is 11.3. The summed E-state index contributed by atoms with van der Waals surface area (Å²) >= 11 is 0. The predicted molar refractivity (Wildman–Crippen MR) is 60.8 cm³/mol. The Hall–Kier alpha value is -0.570. The van der Waals surface area contributed by atoms with Crippen LogP contribution in [-0.2, 0) is 4.79 Å². The molecule has 0 bridgehead atoms. The molecule has 15 heavy (non-hydrogen) atoms. The van der Waals surface area contributed by atoms with Gasteiger partial charge in [-0.05, 0) is 44.1 Å². The lowest BCUT2D eigenvalue weighted by atomic mass is 9.87. The van der Waals surface area contributed by atoms with Crippen LogP contribution in [0.25, 0.3) is 0 Å². The highest BCUT2D eigenvalue weighted by Gasteiger charge is 2.23. The van der Waals surface area contributed by atoms with Gasteiger partial charge in [0.25, 0.3) is 0 Å². The molecule has 0 aromatic heterocycles. The fourth-order valence-corrected chi connectivity index (χ4v) is 2.28. The maximum atomic E-state index is 10.6. The van der Waals surface area contributed by atoms with Gasteiger partial charge < -0.3 is 10.4 Å². The van der Waals surface area contributed by atoms with Crippen LogP contribution >= 0.6 is 0 Å². The molecule has 3 nitrogen and oxygen atoms in total. The van der Waals surface area contributed by atoms with Crippen molar-refractivity contribution in [3.8, 4) is 0 Å². The number of aliphatic carboxylic acids is 1. The highest BCUT2D eigenvalue weighted by atomic mass is 16.4. The lowest BCUT2D eigenvalue weighted by Crippen LogP contribution is -2.38. The van der Waals surface area contributed by atoms with Crippen molar-refractivity contribution in [1.29, 1.82) is 0 Å². The van der Waals surface area contributed by atoms with E-state index in [9.17, 15) is 4.79 Å². The first kappa shape index (κ1) is 12.5. The summed E-state index contributed by atoms with van der Waals surface area (Å²) in [7, 11) is 0. The maximum absolute atomic E-state index is 10.6. The largest absolute Gasteiger partial charge is 0.481 e. The Morgan fingerprint density at radius 1 is 1.53 bits per heavy atom. The lowest BCUT2D eigenvalue weighted by molar-refractivity contribution is -0.138. The number of nitrogens with one attached hydrogen (secondary N) is 1. The molecule has 2 atom stereocenters. The molecule has 0 radical (unpaired) electrons. The normalized spacial score (nSPS) is 26.9. The number of carboxylic acids is 1.